The Bertz CT molecular complexity index is 755. The highest BCUT2D eigenvalue weighted by Crippen LogP contribution is 2.28. The molecule has 0 saturated heterocycles. The van der Waals surface area contributed by atoms with E-state index in [1.807, 2.05) is 42.1 Å². The van der Waals surface area contributed by atoms with Crippen LogP contribution in [-0.4, -0.2) is 25.2 Å². The summed E-state index contributed by atoms with van der Waals surface area (Å²) in [5.74, 6) is -0.873. The van der Waals surface area contributed by atoms with Crippen molar-refractivity contribution in [2.45, 2.75) is 6.54 Å². The second kappa shape index (κ2) is 4.28. The minimum atomic E-state index is -0.873. The number of carbonyl (C=O) groups is 1. The number of nitrogens with zero attached hydrogens (tertiary/aromatic N) is 3. The average Bonchev–Trinajstić information content (AvgIpc) is 2.95. The lowest BCUT2D eigenvalue weighted by molar-refractivity contribution is -0.137. The number of benzene rings is 1. The number of fused-ring (bicyclic) bond motifs is 1. The van der Waals surface area contributed by atoms with Crippen LogP contribution in [0.2, 0.25) is 0 Å². The highest BCUT2D eigenvalue weighted by Gasteiger charge is 2.11. The summed E-state index contributed by atoms with van der Waals surface area (Å²) in [6.07, 6.45) is 5.32. The van der Waals surface area contributed by atoms with Crippen LogP contribution in [0.15, 0.2) is 43.0 Å². The Labute approximate surface area is 109 Å². The number of imidazole rings is 1. The van der Waals surface area contributed by atoms with Gasteiger partial charge in [-0.3, -0.25) is 4.79 Å². The smallest absolute Gasteiger partial charge is 0.323 e. The summed E-state index contributed by atoms with van der Waals surface area (Å²) in [6, 6.07) is 8.07. The molecule has 2 heterocycles. The topological polar surface area (TPSA) is 60.0 Å². The van der Waals surface area contributed by atoms with Gasteiger partial charge in [-0.1, -0.05) is 18.2 Å². The van der Waals surface area contributed by atoms with E-state index >= 15 is 0 Å². The van der Waals surface area contributed by atoms with Gasteiger partial charge in [-0.05, 0) is 6.07 Å². The fourth-order valence-electron chi connectivity index (χ4n) is 2.29. The molecule has 0 fully saturated rings. The number of aryl methyl sites for hydroxylation is 1. The first-order valence-electron chi connectivity index (χ1n) is 5.93. The molecule has 1 aromatic carbocycles. The van der Waals surface area contributed by atoms with Gasteiger partial charge in [0.1, 0.15) is 6.54 Å². The SMILES string of the molecule is Cn1cc(-c2cn(CC(=O)O)cn2)c2ccccc21. The number of carboxylic acid groups (broad SMARTS) is 1. The fourth-order valence-corrected chi connectivity index (χ4v) is 2.29. The number of aromatic nitrogens is 3. The van der Waals surface area contributed by atoms with Gasteiger partial charge in [0.25, 0.3) is 0 Å². The van der Waals surface area contributed by atoms with Crippen molar-refractivity contribution in [2.75, 3.05) is 0 Å². The Hall–Kier alpha value is -2.56. The Balaban J connectivity index is 2.09. The van der Waals surface area contributed by atoms with Gasteiger partial charge in [0.2, 0.25) is 0 Å². The molecule has 19 heavy (non-hydrogen) atoms. The standard InChI is InChI=1S/C14H13N3O2/c1-16-6-11(10-4-2-3-5-13(10)16)12-7-17(9-15-12)8-14(18)19/h2-7,9H,8H2,1H3,(H,18,19). The zero-order valence-electron chi connectivity index (χ0n) is 10.4. The first kappa shape index (κ1) is 11.5. The largest absolute Gasteiger partial charge is 0.480 e. The van der Waals surface area contributed by atoms with E-state index in [4.69, 9.17) is 5.11 Å². The van der Waals surface area contributed by atoms with Crippen molar-refractivity contribution in [2.24, 2.45) is 7.05 Å². The van der Waals surface area contributed by atoms with Crippen LogP contribution in [-0.2, 0) is 18.4 Å². The fraction of sp³-hybridized carbons (Fsp3) is 0.143. The van der Waals surface area contributed by atoms with E-state index in [0.29, 0.717) is 0 Å². The maximum absolute atomic E-state index is 10.7. The predicted molar refractivity (Wildman–Crippen MR) is 71.8 cm³/mol. The molecule has 0 aliphatic carbocycles. The van der Waals surface area contributed by atoms with E-state index in [-0.39, 0.29) is 6.54 Å². The van der Waals surface area contributed by atoms with Crippen LogP contribution < -0.4 is 0 Å². The van der Waals surface area contributed by atoms with Crippen molar-refractivity contribution in [3.05, 3.63) is 43.0 Å². The molecule has 2 aromatic heterocycles. The van der Waals surface area contributed by atoms with Crippen LogP contribution in [0.4, 0.5) is 0 Å². The summed E-state index contributed by atoms with van der Waals surface area (Å²) in [5, 5.41) is 9.89. The van der Waals surface area contributed by atoms with Crippen molar-refractivity contribution < 1.29 is 9.90 Å². The summed E-state index contributed by atoms with van der Waals surface area (Å²) in [4.78, 5) is 15.0. The second-order valence-electron chi connectivity index (χ2n) is 4.50. The predicted octanol–water partition coefficient (Wildman–Crippen LogP) is 2.13. The van der Waals surface area contributed by atoms with Crippen LogP contribution in [0.1, 0.15) is 0 Å². The third kappa shape index (κ3) is 1.99. The molecule has 5 nitrogen and oxygen atoms in total. The Morgan fingerprint density at radius 3 is 2.89 bits per heavy atom. The van der Waals surface area contributed by atoms with Crippen LogP contribution >= 0.6 is 0 Å². The Kier molecular flexibility index (Phi) is 2.59. The second-order valence-corrected chi connectivity index (χ2v) is 4.50. The molecule has 0 aliphatic rings. The van der Waals surface area contributed by atoms with Gasteiger partial charge in [0, 0.05) is 35.9 Å². The third-order valence-corrected chi connectivity index (χ3v) is 3.12. The van der Waals surface area contributed by atoms with Gasteiger partial charge >= 0.3 is 5.97 Å². The van der Waals surface area contributed by atoms with E-state index in [2.05, 4.69) is 4.98 Å². The summed E-state index contributed by atoms with van der Waals surface area (Å²) in [6.45, 7) is -0.0717. The number of rotatable bonds is 3. The van der Waals surface area contributed by atoms with Crippen LogP contribution in [0.5, 0.6) is 0 Å². The zero-order valence-corrected chi connectivity index (χ0v) is 10.4. The van der Waals surface area contributed by atoms with E-state index < -0.39 is 5.97 Å². The summed E-state index contributed by atoms with van der Waals surface area (Å²) < 4.78 is 3.61. The Morgan fingerprint density at radius 1 is 1.32 bits per heavy atom. The van der Waals surface area contributed by atoms with Gasteiger partial charge in [-0.25, -0.2) is 4.98 Å². The zero-order chi connectivity index (χ0) is 13.4. The Morgan fingerprint density at radius 2 is 2.11 bits per heavy atom. The van der Waals surface area contributed by atoms with Gasteiger partial charge in [0.15, 0.2) is 0 Å². The number of hydrogen-bond donors (Lipinski definition) is 1. The lowest BCUT2D eigenvalue weighted by Gasteiger charge is -1.95. The molecule has 1 N–H and O–H groups in total. The molecular formula is C14H13N3O2. The van der Waals surface area contributed by atoms with Crippen LogP contribution in [0.3, 0.4) is 0 Å². The molecule has 0 spiro atoms. The first-order chi connectivity index (χ1) is 9.15. The van der Waals surface area contributed by atoms with Gasteiger partial charge in [0.05, 0.1) is 12.0 Å². The number of hydrogen-bond acceptors (Lipinski definition) is 2. The molecule has 5 heteroatoms. The maximum atomic E-state index is 10.7. The number of carboxylic acids is 1. The van der Waals surface area contributed by atoms with Crippen LogP contribution in [0, 0.1) is 0 Å². The van der Waals surface area contributed by atoms with Crippen molar-refractivity contribution >= 4 is 16.9 Å². The third-order valence-electron chi connectivity index (χ3n) is 3.12. The molecule has 0 unspecified atom stereocenters. The molecule has 3 aromatic rings. The van der Waals surface area contributed by atoms with Crippen LogP contribution in [0.25, 0.3) is 22.2 Å². The van der Waals surface area contributed by atoms with Crippen molar-refractivity contribution in [3.8, 4) is 11.3 Å². The molecule has 0 bridgehead atoms. The average molecular weight is 255 g/mol. The molecule has 0 saturated carbocycles. The van der Waals surface area contributed by atoms with E-state index in [1.165, 1.54) is 0 Å². The van der Waals surface area contributed by atoms with Crippen molar-refractivity contribution in [3.63, 3.8) is 0 Å². The highest BCUT2D eigenvalue weighted by molar-refractivity contribution is 5.95. The lowest BCUT2D eigenvalue weighted by atomic mass is 10.1. The van der Waals surface area contributed by atoms with Gasteiger partial charge in [-0.2, -0.15) is 0 Å². The summed E-state index contributed by atoms with van der Waals surface area (Å²) >= 11 is 0. The van der Waals surface area contributed by atoms with E-state index in [0.717, 1.165) is 22.2 Å². The maximum Gasteiger partial charge on any atom is 0.323 e. The normalized spacial score (nSPS) is 11.0. The van der Waals surface area contributed by atoms with E-state index in [1.54, 1.807) is 17.1 Å². The van der Waals surface area contributed by atoms with Crippen molar-refractivity contribution in [1.82, 2.24) is 14.1 Å². The molecule has 0 atom stereocenters. The highest BCUT2D eigenvalue weighted by atomic mass is 16.4. The number of aliphatic carboxylic acids is 1. The first-order valence-corrected chi connectivity index (χ1v) is 5.93. The molecular weight excluding hydrogens is 242 g/mol. The molecule has 3 rings (SSSR count). The number of para-hydroxylation sites is 1. The lowest BCUT2D eigenvalue weighted by Crippen LogP contribution is -2.06. The monoisotopic (exact) mass is 255 g/mol. The quantitative estimate of drug-likeness (QED) is 0.780. The van der Waals surface area contributed by atoms with Gasteiger partial charge < -0.3 is 14.2 Å². The minimum absolute atomic E-state index is 0.0717. The summed E-state index contributed by atoms with van der Waals surface area (Å²) in [5.41, 5.74) is 2.94. The van der Waals surface area contributed by atoms with Gasteiger partial charge in [-0.15, -0.1) is 0 Å². The van der Waals surface area contributed by atoms with Crippen molar-refractivity contribution in [1.29, 1.82) is 0 Å². The summed E-state index contributed by atoms with van der Waals surface area (Å²) in [7, 11) is 1.99. The minimum Gasteiger partial charge on any atom is -0.480 e. The molecule has 96 valence electrons. The molecule has 0 amide bonds. The molecule has 0 radical (unpaired) electrons. The molecule has 0 aliphatic heterocycles. The van der Waals surface area contributed by atoms with E-state index in [9.17, 15) is 4.79 Å².